The van der Waals surface area contributed by atoms with Gasteiger partial charge in [-0.15, -0.1) is 0 Å². The highest BCUT2D eigenvalue weighted by molar-refractivity contribution is 6.59. The molecule has 0 unspecified atom stereocenters. The van der Waals surface area contributed by atoms with Gasteiger partial charge in [0.1, 0.15) is 23.3 Å². The van der Waals surface area contributed by atoms with E-state index in [4.69, 9.17) is 34.1 Å². The fraction of sp³-hybridized carbons (Fsp3) is 0.321. The molecule has 0 aromatic heterocycles. The van der Waals surface area contributed by atoms with Gasteiger partial charge in [0.2, 0.25) is 11.6 Å². The third kappa shape index (κ3) is 32.9. The third-order valence-electron chi connectivity index (χ3n) is 9.37. The van der Waals surface area contributed by atoms with Gasteiger partial charge >= 0.3 is 40.3 Å². The van der Waals surface area contributed by atoms with Crippen LogP contribution in [0, 0.1) is 96.7 Å². The molecule has 0 saturated carbocycles. The van der Waals surface area contributed by atoms with Gasteiger partial charge in [-0.3, -0.25) is 20.2 Å². The van der Waals surface area contributed by atoms with Crippen molar-refractivity contribution in [1.29, 1.82) is 0 Å². The number of halogens is 6. The second kappa shape index (κ2) is 45.4. The van der Waals surface area contributed by atoms with Crippen molar-refractivity contribution in [2.45, 2.75) is 77.2 Å². The summed E-state index contributed by atoms with van der Waals surface area (Å²) in [6.45, 7) is 17.2. The van der Waals surface area contributed by atoms with E-state index in [1.807, 2.05) is 32.9 Å². The predicted octanol–water partition coefficient (Wildman–Crippen LogP) is 10.2. The van der Waals surface area contributed by atoms with E-state index < -0.39 is 73.4 Å². The van der Waals surface area contributed by atoms with Gasteiger partial charge in [-0.05, 0) is 108 Å². The Morgan fingerprint density at radius 3 is 0.835 bits per heavy atom. The molecule has 0 aliphatic carbocycles. The van der Waals surface area contributed by atoms with Crippen LogP contribution in [0.1, 0.15) is 69.0 Å². The Kier molecular flexibility index (Phi) is 45.5. The van der Waals surface area contributed by atoms with Crippen molar-refractivity contribution in [3.05, 3.63) is 210 Å². The number of hydrogen-bond donors (Lipinski definition) is 4. The second-order valence-electron chi connectivity index (χ2n) is 15.2. The quantitative estimate of drug-likeness (QED) is 0.0366. The van der Waals surface area contributed by atoms with Crippen molar-refractivity contribution in [2.75, 3.05) is 41.2 Å². The van der Waals surface area contributed by atoms with Crippen molar-refractivity contribution in [3.63, 3.8) is 0 Å². The number of benzene rings is 6. The van der Waals surface area contributed by atoms with E-state index >= 15 is 0 Å². The molecule has 16 nitrogen and oxygen atoms in total. The zero-order valence-corrected chi connectivity index (χ0v) is 45.0. The number of nitro groups is 2. The van der Waals surface area contributed by atoms with Gasteiger partial charge in [0.25, 0.3) is 0 Å². The largest absolute Gasteiger partial charge is 0.639 e. The van der Waals surface area contributed by atoms with E-state index in [9.17, 15) is 46.6 Å². The molecule has 0 aliphatic heterocycles. The summed E-state index contributed by atoms with van der Waals surface area (Å²) in [5.74, 6) is -2.87. The molecule has 79 heavy (non-hydrogen) atoms. The van der Waals surface area contributed by atoms with Crippen molar-refractivity contribution < 1.29 is 84.2 Å². The van der Waals surface area contributed by atoms with Gasteiger partial charge in [-0.25, -0.2) is 17.6 Å². The van der Waals surface area contributed by atoms with Crippen molar-refractivity contribution in [1.82, 2.24) is 0 Å². The highest BCUT2D eigenvalue weighted by Gasteiger charge is 2.19. The van der Waals surface area contributed by atoms with E-state index in [1.165, 1.54) is 83.7 Å². The molecule has 0 bridgehead atoms. The average molecular weight is 1120 g/mol. The maximum absolute atomic E-state index is 12.9. The van der Waals surface area contributed by atoms with Crippen LogP contribution in [0.4, 0.5) is 37.7 Å². The average Bonchev–Trinajstić information content (AvgIpc) is 3.38. The minimum absolute atomic E-state index is 0. The SMILES string of the molecule is C.C.CCOB(OCC)OCC.COB(OC)OC.Cc1cccc(B(O)O)c1F.Cc1cccc(B(O)O)c1F.Cc1cccc([N+](=O)[O-])c1F.Cc1cccc([N+](=O)[O-])c1F.Cc1ccccc1F.Cc1ccccc1F. The van der Waals surface area contributed by atoms with Crippen LogP contribution in [0.25, 0.3) is 0 Å². The number of nitro benzene ring substituents is 2. The number of nitrogens with zero attached hydrogens (tertiary/aromatic N) is 2. The van der Waals surface area contributed by atoms with Crippen LogP contribution in [0.3, 0.4) is 0 Å². The van der Waals surface area contributed by atoms with Crippen molar-refractivity contribution >= 4 is 51.2 Å². The number of aryl methyl sites for hydroxylation is 6. The Labute approximate surface area is 462 Å². The molecule has 0 atom stereocenters. The van der Waals surface area contributed by atoms with Crippen LogP contribution < -0.4 is 10.9 Å². The highest BCUT2D eigenvalue weighted by Crippen LogP contribution is 2.20. The molecule has 0 radical (unpaired) electrons. The smallest absolute Gasteiger partial charge is 0.423 e. The monoisotopic (exact) mass is 1120 g/mol. The number of hydrogen-bond acceptors (Lipinski definition) is 14. The first-order valence-corrected chi connectivity index (χ1v) is 23.2. The normalized spacial score (nSPS) is 9.34. The van der Waals surface area contributed by atoms with Gasteiger partial charge in [0.05, 0.1) is 9.85 Å². The Morgan fingerprint density at radius 1 is 0.405 bits per heavy atom. The molecule has 0 amide bonds. The van der Waals surface area contributed by atoms with Crippen LogP contribution in [0.15, 0.2) is 121 Å². The summed E-state index contributed by atoms with van der Waals surface area (Å²) in [5, 5.41) is 54.9. The first kappa shape index (κ1) is 79.0. The molecule has 6 rings (SSSR count). The fourth-order valence-corrected chi connectivity index (χ4v) is 5.23. The zero-order chi connectivity index (χ0) is 59.2. The molecular weight excluding hydrogens is 1050 g/mol. The van der Waals surface area contributed by atoms with Crippen molar-refractivity contribution in [2.24, 2.45) is 0 Å². The molecule has 0 saturated heterocycles. The van der Waals surface area contributed by atoms with E-state index in [-0.39, 0.29) is 37.4 Å². The Bertz CT molecular complexity index is 2390. The Balaban J connectivity index is -0.000000407. The second-order valence-corrected chi connectivity index (χ2v) is 15.2. The summed E-state index contributed by atoms with van der Waals surface area (Å²) < 4.78 is 105. The summed E-state index contributed by atoms with van der Waals surface area (Å²) in [6.07, 6.45) is 0. The molecular formula is C53H74B4F6N2O14. The lowest BCUT2D eigenvalue weighted by Gasteiger charge is -2.09. The zero-order valence-electron chi connectivity index (χ0n) is 45.0. The summed E-state index contributed by atoms with van der Waals surface area (Å²) in [6, 6.07) is 30.5. The predicted molar refractivity (Wildman–Crippen MR) is 301 cm³/mol. The summed E-state index contributed by atoms with van der Waals surface area (Å²) >= 11 is 0. The van der Waals surface area contributed by atoms with Gasteiger partial charge in [0, 0.05) is 64.2 Å². The topological polar surface area (TPSA) is 223 Å². The Morgan fingerprint density at radius 2 is 0.658 bits per heavy atom. The molecule has 0 heterocycles. The standard InChI is InChI=1S/2C7H8BFO2.2C7H6FNO2.2C7H7F.C6H15BO3.C3H9BO3.2CH4/c2*1-5-3-2-4-6(7(5)9)8(10)11;2*1-5-3-2-4-6(7(5)8)9(10)11;2*1-6-4-2-3-5-7(6)8;1-4-8-7(9-5-2)10-6-3;1-5-4(6-2)7-3;;/h2*2-4,10-11H,1H3;2*2-4H,1H3;2*2-5H,1H3;4-6H2,1-3H3;1-3H3;2*1H4. The van der Waals surface area contributed by atoms with Crippen LogP contribution in [0.2, 0.25) is 0 Å². The minimum atomic E-state index is -1.73. The molecule has 0 aliphatic rings. The Hall–Kier alpha value is -6.44. The molecule has 434 valence electrons. The summed E-state index contributed by atoms with van der Waals surface area (Å²) in [4.78, 5) is 18.8. The van der Waals surface area contributed by atoms with Crippen LogP contribution in [-0.4, -0.2) is 100.0 Å². The molecule has 26 heteroatoms. The summed E-state index contributed by atoms with van der Waals surface area (Å²) in [7, 11) is 0.0947. The highest BCUT2D eigenvalue weighted by atomic mass is 19.1. The molecule has 0 spiro atoms. The molecule has 4 N–H and O–H groups in total. The lowest BCUT2D eigenvalue weighted by Crippen LogP contribution is -2.33. The molecule has 6 aromatic carbocycles. The lowest BCUT2D eigenvalue weighted by atomic mass is 9.79. The summed E-state index contributed by atoms with van der Waals surface area (Å²) in [5.41, 5.74) is 1.72. The van der Waals surface area contributed by atoms with E-state index in [1.54, 1.807) is 76.2 Å². The van der Waals surface area contributed by atoms with Gasteiger partial charge in [-0.1, -0.05) is 112 Å². The van der Waals surface area contributed by atoms with Crippen LogP contribution in [0.5, 0.6) is 0 Å². The first-order valence-electron chi connectivity index (χ1n) is 23.2. The maximum Gasteiger partial charge on any atom is 0.639 e. The van der Waals surface area contributed by atoms with Crippen LogP contribution >= 0.6 is 0 Å². The maximum atomic E-state index is 12.9. The minimum Gasteiger partial charge on any atom is -0.423 e. The first-order chi connectivity index (χ1) is 36.3. The van der Waals surface area contributed by atoms with Crippen LogP contribution in [-0.2, 0) is 27.9 Å². The van der Waals surface area contributed by atoms with Crippen molar-refractivity contribution in [3.8, 4) is 0 Å². The lowest BCUT2D eigenvalue weighted by molar-refractivity contribution is -0.387. The molecule has 0 fully saturated rings. The van der Waals surface area contributed by atoms with Gasteiger partial charge in [-0.2, -0.15) is 8.78 Å². The van der Waals surface area contributed by atoms with E-state index in [0.717, 1.165) is 12.1 Å². The molecule has 6 aromatic rings. The third-order valence-corrected chi connectivity index (χ3v) is 9.37. The fourth-order valence-electron chi connectivity index (χ4n) is 5.23. The van der Waals surface area contributed by atoms with Gasteiger partial charge < -0.3 is 48.0 Å². The van der Waals surface area contributed by atoms with Gasteiger partial charge in [0.15, 0.2) is 0 Å². The van der Waals surface area contributed by atoms with E-state index in [0.29, 0.717) is 53.2 Å². The van der Waals surface area contributed by atoms with E-state index in [2.05, 4.69) is 14.0 Å². The number of rotatable bonds is 13.